The molecule has 4 nitrogen and oxygen atoms in total. The van der Waals surface area contributed by atoms with Crippen LogP contribution >= 0.6 is 0 Å². The first-order valence-corrected chi connectivity index (χ1v) is 1.34. The average Bonchev–Trinajstić information content (AvgIpc) is 1.35. The Morgan fingerprint density at radius 1 is 1.67 bits per heavy atom. The van der Waals surface area contributed by atoms with Gasteiger partial charge in [-0.05, 0) is 0 Å². The molecule has 6 heavy (non-hydrogen) atoms. The smallest absolute Gasteiger partial charge is 0.164 e. The van der Waals surface area contributed by atoms with Crippen molar-refractivity contribution in [3.05, 3.63) is 10.4 Å². The van der Waals surface area contributed by atoms with E-state index >= 15 is 0 Å². The van der Waals surface area contributed by atoms with E-state index in [1.165, 1.54) is 6.07 Å². The van der Waals surface area contributed by atoms with Gasteiger partial charge in [-0.25, -0.2) is 0 Å². The molecular formula is C2H3N2O2-. The summed E-state index contributed by atoms with van der Waals surface area (Å²) in [4.78, 5) is 0. The van der Waals surface area contributed by atoms with E-state index in [9.17, 15) is 10.4 Å². The van der Waals surface area contributed by atoms with E-state index in [2.05, 4.69) is 0 Å². The fraction of sp³-hybridized carbons (Fsp3) is 0.500. The van der Waals surface area contributed by atoms with Crippen molar-refractivity contribution >= 4 is 0 Å². The lowest BCUT2D eigenvalue weighted by Gasteiger charge is -2.20. The van der Waals surface area contributed by atoms with Gasteiger partial charge in [-0.3, -0.25) is 0 Å². The number of hydrogen-bond donors (Lipinski definition) is 1. The lowest BCUT2D eigenvalue weighted by atomic mass is 10.8. The first kappa shape index (κ1) is 5.37. The minimum absolute atomic E-state index is 0.514. The Kier molecular flexibility index (Phi) is 2.33. The van der Waals surface area contributed by atoms with E-state index in [1.807, 2.05) is 0 Å². The molecule has 4 heteroatoms. The van der Waals surface area contributed by atoms with Crippen molar-refractivity contribution in [1.82, 2.24) is 0 Å². The van der Waals surface area contributed by atoms with Gasteiger partial charge < -0.3 is 15.6 Å². The normalized spacial score (nSPS) is 8.33. The molecule has 0 bridgehead atoms. The molecule has 0 aromatic heterocycles. The van der Waals surface area contributed by atoms with Crippen LogP contribution in [0.25, 0.3) is 0 Å². The highest BCUT2D eigenvalue weighted by Gasteiger charge is 1.69. The topological polar surface area (TPSA) is 74.3 Å². The van der Waals surface area contributed by atoms with Crippen LogP contribution in [-0.2, 0) is 0 Å². The van der Waals surface area contributed by atoms with E-state index in [4.69, 9.17) is 5.26 Å². The lowest BCUT2D eigenvalue weighted by molar-refractivity contribution is -0.783. The third-order valence-electron chi connectivity index (χ3n) is 0.223. The number of quaternary nitrogens is 1. The summed E-state index contributed by atoms with van der Waals surface area (Å²) in [6, 6.07) is 1.41. The highest BCUT2D eigenvalue weighted by Crippen LogP contribution is 1.32. The molecule has 0 saturated carbocycles. The summed E-state index contributed by atoms with van der Waals surface area (Å²) < 4.78 is 0. The molecule has 34 valence electrons. The Morgan fingerprint density at radius 2 is 2.17 bits per heavy atom. The van der Waals surface area contributed by atoms with E-state index in [1.54, 1.807) is 0 Å². The molecule has 1 N–H and O–H groups in total. The molecule has 0 aliphatic rings. The van der Waals surface area contributed by atoms with Gasteiger partial charge in [0.2, 0.25) is 0 Å². The molecule has 0 aliphatic carbocycles. The summed E-state index contributed by atoms with van der Waals surface area (Å²) in [5, 5.41) is 24.8. The average molecular weight is 87.1 g/mol. The van der Waals surface area contributed by atoms with Crippen molar-refractivity contribution in [3.63, 3.8) is 0 Å². The third-order valence-corrected chi connectivity index (χ3v) is 0.223. The molecule has 0 rings (SSSR count). The van der Waals surface area contributed by atoms with Gasteiger partial charge in [0.05, 0.1) is 0 Å². The molecule has 0 saturated heterocycles. The van der Waals surface area contributed by atoms with Gasteiger partial charge in [0.25, 0.3) is 0 Å². The minimum atomic E-state index is -1.32. The molecule has 0 radical (unpaired) electrons. The van der Waals surface area contributed by atoms with Crippen molar-refractivity contribution in [2.75, 3.05) is 6.54 Å². The molecular weight excluding hydrogens is 84.0 g/mol. The molecule has 0 fully saturated rings. The number of hydroxylamine groups is 2. The maximum absolute atomic E-state index is 9.27. The Balaban J connectivity index is 2.88. The highest BCUT2D eigenvalue weighted by molar-refractivity contribution is 4.64. The summed E-state index contributed by atoms with van der Waals surface area (Å²) >= 11 is 0. The van der Waals surface area contributed by atoms with Crippen LogP contribution in [0.4, 0.5) is 0 Å². The van der Waals surface area contributed by atoms with Gasteiger partial charge in [-0.15, -0.1) is 0 Å². The zero-order valence-electron chi connectivity index (χ0n) is 2.97. The second-order valence-corrected chi connectivity index (χ2v) is 0.707. The van der Waals surface area contributed by atoms with E-state index in [0.717, 1.165) is 0 Å². The lowest BCUT2D eigenvalue weighted by Crippen LogP contribution is -3.01. The Hall–Kier alpha value is -0.630. The summed E-state index contributed by atoms with van der Waals surface area (Å²) in [6.07, 6.45) is 0. The van der Waals surface area contributed by atoms with Crippen LogP contribution in [0, 0.1) is 21.7 Å². The van der Waals surface area contributed by atoms with Crippen LogP contribution in [-0.4, -0.2) is 6.54 Å². The monoisotopic (exact) mass is 87.0 g/mol. The van der Waals surface area contributed by atoms with E-state index in [-0.39, 0.29) is 0 Å². The van der Waals surface area contributed by atoms with Gasteiger partial charge in [0.1, 0.15) is 6.07 Å². The number of nitrogens with zero attached hydrogens (tertiary/aromatic N) is 1. The Labute approximate surface area is 34.8 Å². The number of hydrogen-bond acceptors (Lipinski definition) is 3. The molecule has 0 aromatic rings. The van der Waals surface area contributed by atoms with Crippen molar-refractivity contribution in [2.45, 2.75) is 0 Å². The summed E-state index contributed by atoms with van der Waals surface area (Å²) in [6.45, 7) is -0.514. The number of nitriles is 1. The predicted octanol–water partition coefficient (Wildman–Crippen LogP) is -1.61. The second kappa shape index (κ2) is 2.60. The van der Waals surface area contributed by atoms with Crippen molar-refractivity contribution in [1.29, 1.82) is 5.26 Å². The summed E-state index contributed by atoms with van der Waals surface area (Å²) in [7, 11) is 0. The van der Waals surface area contributed by atoms with Gasteiger partial charge >= 0.3 is 0 Å². The Morgan fingerprint density at radius 3 is 2.17 bits per heavy atom. The van der Waals surface area contributed by atoms with Gasteiger partial charge in [0.15, 0.2) is 6.54 Å². The van der Waals surface area contributed by atoms with Crippen LogP contribution in [0.3, 0.4) is 0 Å². The molecule has 0 aromatic carbocycles. The van der Waals surface area contributed by atoms with E-state index in [0.29, 0.717) is 0 Å². The Bertz CT molecular complexity index is 64.4. The zero-order valence-corrected chi connectivity index (χ0v) is 2.97. The first-order chi connectivity index (χ1) is 2.77. The van der Waals surface area contributed by atoms with Crippen LogP contribution in [0.15, 0.2) is 0 Å². The van der Waals surface area contributed by atoms with Gasteiger partial charge in [-0.2, -0.15) is 5.26 Å². The maximum atomic E-state index is 9.27. The standard InChI is InChI=1S/C2H3N2O2/c3-1-2-4(5)6/h4H,2H2/q-1. The van der Waals surface area contributed by atoms with Crippen molar-refractivity contribution in [2.24, 2.45) is 0 Å². The molecule has 0 heterocycles. The molecule has 0 amide bonds. The fourth-order valence-electron chi connectivity index (χ4n) is 0.0645. The zero-order chi connectivity index (χ0) is 4.99. The molecule has 0 spiro atoms. The highest BCUT2D eigenvalue weighted by atomic mass is 16.8. The van der Waals surface area contributed by atoms with E-state index < -0.39 is 11.8 Å². The van der Waals surface area contributed by atoms with Gasteiger partial charge in [0, 0.05) is 0 Å². The van der Waals surface area contributed by atoms with Crippen LogP contribution < -0.4 is 5.23 Å². The number of nitrogens with one attached hydrogen (secondary N) is 1. The molecule has 0 aliphatic heterocycles. The largest absolute Gasteiger partial charge is 0.632 e. The fourth-order valence-corrected chi connectivity index (χ4v) is 0.0645. The first-order valence-electron chi connectivity index (χ1n) is 1.34. The quantitative estimate of drug-likeness (QED) is 0.309. The predicted molar refractivity (Wildman–Crippen MR) is 18.2 cm³/mol. The van der Waals surface area contributed by atoms with Crippen LogP contribution in [0.2, 0.25) is 0 Å². The van der Waals surface area contributed by atoms with Gasteiger partial charge in [-0.1, -0.05) is 0 Å². The molecule has 0 atom stereocenters. The summed E-state index contributed by atoms with van der Waals surface area (Å²) in [5.41, 5.74) is 0. The SMILES string of the molecule is N#CC[NH+]([O-])[O-]. The van der Waals surface area contributed by atoms with Crippen LogP contribution in [0.5, 0.6) is 0 Å². The third kappa shape index (κ3) is 3.37. The minimum Gasteiger partial charge on any atom is -0.632 e. The van der Waals surface area contributed by atoms with Crippen molar-refractivity contribution < 1.29 is 5.23 Å². The maximum Gasteiger partial charge on any atom is 0.164 e. The molecule has 0 unspecified atom stereocenters. The van der Waals surface area contributed by atoms with Crippen LogP contribution in [0.1, 0.15) is 0 Å². The van der Waals surface area contributed by atoms with Crippen molar-refractivity contribution in [3.8, 4) is 6.07 Å². The second-order valence-electron chi connectivity index (χ2n) is 0.707. The number of rotatable bonds is 1. The summed E-state index contributed by atoms with van der Waals surface area (Å²) in [5.74, 6) is 0.